The zero-order valence-corrected chi connectivity index (χ0v) is 9.79. The summed E-state index contributed by atoms with van der Waals surface area (Å²) in [5, 5.41) is 11.4. The summed E-state index contributed by atoms with van der Waals surface area (Å²) in [5.74, 6) is -0.421. The molecule has 0 fully saturated rings. The number of benzene rings is 1. The molecule has 1 rings (SSSR count). The molecule has 0 saturated carbocycles. The van der Waals surface area contributed by atoms with Crippen molar-refractivity contribution in [3.05, 3.63) is 35.4 Å². The van der Waals surface area contributed by atoms with Crippen molar-refractivity contribution in [2.45, 2.75) is 25.6 Å². The summed E-state index contributed by atoms with van der Waals surface area (Å²) in [7, 11) is 0. The highest BCUT2D eigenvalue weighted by atomic mass is 19.4. The standard InChI is InChI=1S/C12H14F3NO2/c1-8(17)7-16-11(18)6-9-3-2-4-10(5-9)12(13,14)15/h2-5,8,17H,6-7H2,1H3,(H,16,18)/t8-/m1/s1. The number of carbonyl (C=O) groups excluding carboxylic acids is 1. The van der Waals surface area contributed by atoms with E-state index in [-0.39, 0.29) is 18.5 Å². The Hall–Kier alpha value is -1.56. The fourth-order valence-electron chi connectivity index (χ4n) is 1.37. The van der Waals surface area contributed by atoms with Gasteiger partial charge in [0, 0.05) is 6.54 Å². The van der Waals surface area contributed by atoms with Gasteiger partial charge in [0.05, 0.1) is 18.1 Å². The molecule has 2 N–H and O–H groups in total. The molecule has 100 valence electrons. The Kier molecular flexibility index (Phi) is 4.72. The molecular formula is C12H14F3NO2. The zero-order chi connectivity index (χ0) is 13.8. The van der Waals surface area contributed by atoms with E-state index in [2.05, 4.69) is 5.32 Å². The van der Waals surface area contributed by atoms with E-state index in [1.807, 2.05) is 0 Å². The number of hydrogen-bond acceptors (Lipinski definition) is 2. The van der Waals surface area contributed by atoms with Crippen LogP contribution >= 0.6 is 0 Å². The van der Waals surface area contributed by atoms with Crippen LogP contribution in [0.3, 0.4) is 0 Å². The predicted molar refractivity (Wildman–Crippen MR) is 59.8 cm³/mol. The topological polar surface area (TPSA) is 49.3 Å². The van der Waals surface area contributed by atoms with Crippen molar-refractivity contribution in [3.63, 3.8) is 0 Å². The average molecular weight is 261 g/mol. The van der Waals surface area contributed by atoms with E-state index in [0.717, 1.165) is 12.1 Å². The minimum Gasteiger partial charge on any atom is -0.392 e. The number of aliphatic hydroxyl groups is 1. The summed E-state index contributed by atoms with van der Waals surface area (Å²) < 4.78 is 37.3. The summed E-state index contributed by atoms with van der Waals surface area (Å²) >= 11 is 0. The highest BCUT2D eigenvalue weighted by Crippen LogP contribution is 2.29. The quantitative estimate of drug-likeness (QED) is 0.867. The molecule has 0 spiro atoms. The number of aliphatic hydroxyl groups excluding tert-OH is 1. The Labute approximate surface area is 103 Å². The summed E-state index contributed by atoms with van der Waals surface area (Å²) in [6.07, 6.45) is -5.24. The van der Waals surface area contributed by atoms with Gasteiger partial charge >= 0.3 is 6.18 Å². The normalized spacial score (nSPS) is 13.2. The Morgan fingerprint density at radius 1 is 1.44 bits per heavy atom. The largest absolute Gasteiger partial charge is 0.416 e. The molecule has 18 heavy (non-hydrogen) atoms. The van der Waals surface area contributed by atoms with E-state index < -0.39 is 23.8 Å². The highest BCUT2D eigenvalue weighted by Gasteiger charge is 2.30. The maximum Gasteiger partial charge on any atom is 0.416 e. The van der Waals surface area contributed by atoms with E-state index in [1.165, 1.54) is 19.1 Å². The van der Waals surface area contributed by atoms with Crippen LogP contribution in [-0.2, 0) is 17.4 Å². The lowest BCUT2D eigenvalue weighted by atomic mass is 10.1. The minimum atomic E-state index is -4.41. The predicted octanol–water partition coefficient (Wildman–Crippen LogP) is 1.74. The molecule has 0 aliphatic rings. The van der Waals surface area contributed by atoms with Gasteiger partial charge < -0.3 is 10.4 Å². The van der Waals surface area contributed by atoms with Crippen LogP contribution in [0.2, 0.25) is 0 Å². The number of carbonyl (C=O) groups is 1. The molecule has 0 bridgehead atoms. The van der Waals surface area contributed by atoms with Gasteiger partial charge in [0.1, 0.15) is 0 Å². The van der Waals surface area contributed by atoms with Gasteiger partial charge in [-0.15, -0.1) is 0 Å². The van der Waals surface area contributed by atoms with E-state index in [0.29, 0.717) is 0 Å². The first kappa shape index (κ1) is 14.5. The molecule has 1 amide bonds. The average Bonchev–Trinajstić information content (AvgIpc) is 2.25. The van der Waals surface area contributed by atoms with Crippen LogP contribution in [-0.4, -0.2) is 23.7 Å². The zero-order valence-electron chi connectivity index (χ0n) is 9.79. The van der Waals surface area contributed by atoms with E-state index in [9.17, 15) is 18.0 Å². The third-order valence-corrected chi connectivity index (χ3v) is 2.21. The second-order valence-corrected chi connectivity index (χ2v) is 4.03. The van der Waals surface area contributed by atoms with Crippen molar-refractivity contribution in [1.82, 2.24) is 5.32 Å². The number of nitrogens with one attached hydrogen (secondary N) is 1. The van der Waals surface area contributed by atoms with Crippen molar-refractivity contribution < 1.29 is 23.1 Å². The molecule has 0 saturated heterocycles. The first-order valence-corrected chi connectivity index (χ1v) is 5.40. The third-order valence-electron chi connectivity index (χ3n) is 2.21. The van der Waals surface area contributed by atoms with Crippen LogP contribution in [0.15, 0.2) is 24.3 Å². The van der Waals surface area contributed by atoms with Crippen molar-refractivity contribution in [2.24, 2.45) is 0 Å². The first-order valence-electron chi connectivity index (χ1n) is 5.40. The number of rotatable bonds is 4. The van der Waals surface area contributed by atoms with Gasteiger partial charge in [-0.1, -0.05) is 18.2 Å². The summed E-state index contributed by atoms with van der Waals surface area (Å²) in [6, 6.07) is 4.62. The Bertz CT molecular complexity index is 416. The van der Waals surface area contributed by atoms with Gasteiger partial charge in [-0.3, -0.25) is 4.79 Å². The molecule has 3 nitrogen and oxygen atoms in total. The lowest BCUT2D eigenvalue weighted by Gasteiger charge is -2.09. The summed E-state index contributed by atoms with van der Waals surface area (Å²) in [5.41, 5.74) is -0.490. The van der Waals surface area contributed by atoms with Crippen LogP contribution < -0.4 is 5.32 Å². The number of halogens is 3. The van der Waals surface area contributed by atoms with Gasteiger partial charge in [0.15, 0.2) is 0 Å². The molecular weight excluding hydrogens is 247 g/mol. The Balaban J connectivity index is 2.65. The van der Waals surface area contributed by atoms with Crippen LogP contribution in [0.4, 0.5) is 13.2 Å². The fraction of sp³-hybridized carbons (Fsp3) is 0.417. The molecule has 0 heterocycles. The first-order chi connectivity index (χ1) is 8.29. The second kappa shape index (κ2) is 5.86. The van der Waals surface area contributed by atoms with E-state index in [4.69, 9.17) is 5.11 Å². The maximum absolute atomic E-state index is 12.4. The minimum absolute atomic E-state index is 0.0811. The third kappa shape index (κ3) is 4.75. The summed E-state index contributed by atoms with van der Waals surface area (Å²) in [4.78, 5) is 11.4. The maximum atomic E-state index is 12.4. The molecule has 0 aromatic heterocycles. The van der Waals surface area contributed by atoms with E-state index in [1.54, 1.807) is 0 Å². The van der Waals surface area contributed by atoms with Crippen molar-refractivity contribution in [1.29, 1.82) is 0 Å². The molecule has 0 unspecified atom stereocenters. The molecule has 0 aliphatic carbocycles. The monoisotopic (exact) mass is 261 g/mol. The number of alkyl halides is 3. The van der Waals surface area contributed by atoms with Gasteiger partial charge in [-0.2, -0.15) is 13.2 Å². The lowest BCUT2D eigenvalue weighted by Crippen LogP contribution is -2.31. The second-order valence-electron chi connectivity index (χ2n) is 4.03. The highest BCUT2D eigenvalue weighted by molar-refractivity contribution is 5.78. The van der Waals surface area contributed by atoms with Crippen molar-refractivity contribution in [3.8, 4) is 0 Å². The lowest BCUT2D eigenvalue weighted by molar-refractivity contribution is -0.137. The molecule has 0 radical (unpaired) electrons. The molecule has 1 aromatic rings. The van der Waals surface area contributed by atoms with Gasteiger partial charge in [0.25, 0.3) is 0 Å². The molecule has 6 heteroatoms. The summed E-state index contributed by atoms with van der Waals surface area (Å²) in [6.45, 7) is 1.59. The smallest absolute Gasteiger partial charge is 0.392 e. The van der Waals surface area contributed by atoms with Crippen LogP contribution in [0.25, 0.3) is 0 Å². The van der Waals surface area contributed by atoms with E-state index >= 15 is 0 Å². The Morgan fingerprint density at radius 2 is 2.11 bits per heavy atom. The fourth-order valence-corrected chi connectivity index (χ4v) is 1.37. The number of hydrogen-bond donors (Lipinski definition) is 2. The molecule has 1 aromatic carbocycles. The van der Waals surface area contributed by atoms with Gasteiger partial charge in [0.2, 0.25) is 5.91 Å². The SMILES string of the molecule is C[C@@H](O)CNC(=O)Cc1cccc(C(F)(F)F)c1. The van der Waals surface area contributed by atoms with Crippen LogP contribution in [0.5, 0.6) is 0 Å². The van der Waals surface area contributed by atoms with Gasteiger partial charge in [-0.25, -0.2) is 0 Å². The number of amides is 1. The molecule has 0 aliphatic heterocycles. The Morgan fingerprint density at radius 3 is 2.67 bits per heavy atom. The van der Waals surface area contributed by atoms with Gasteiger partial charge in [-0.05, 0) is 18.6 Å². The van der Waals surface area contributed by atoms with Crippen LogP contribution in [0, 0.1) is 0 Å². The van der Waals surface area contributed by atoms with Crippen LogP contribution in [0.1, 0.15) is 18.1 Å². The van der Waals surface area contributed by atoms with Crippen molar-refractivity contribution >= 4 is 5.91 Å². The van der Waals surface area contributed by atoms with Crippen molar-refractivity contribution in [2.75, 3.05) is 6.54 Å². The molecule has 1 atom stereocenters.